The third kappa shape index (κ3) is 3.23. The number of Topliss-reactive ketones (excluding diaryl/α,β-unsaturated/α-hetero) is 1. The number of rotatable bonds is 5. The van der Waals surface area contributed by atoms with Crippen LogP contribution in [0.2, 0.25) is 0 Å². The highest BCUT2D eigenvalue weighted by atomic mass is 32.1. The van der Waals surface area contributed by atoms with Gasteiger partial charge in [-0.15, -0.1) is 11.3 Å². The van der Waals surface area contributed by atoms with Gasteiger partial charge in [0.15, 0.2) is 5.78 Å². The summed E-state index contributed by atoms with van der Waals surface area (Å²) >= 11 is 1.11. The molecule has 1 aromatic heterocycles. The predicted molar refractivity (Wildman–Crippen MR) is 114 cm³/mol. The second-order valence-corrected chi connectivity index (χ2v) is 8.12. The Morgan fingerprint density at radius 3 is 2.52 bits per heavy atom. The highest BCUT2D eigenvalue weighted by Gasteiger charge is 2.26. The third-order valence-electron chi connectivity index (χ3n) is 5.29. The molecule has 0 radical (unpaired) electrons. The van der Waals surface area contributed by atoms with Crippen LogP contribution in [0.4, 0.5) is 5.00 Å². The first-order valence-corrected chi connectivity index (χ1v) is 10.4. The molecule has 0 bridgehead atoms. The van der Waals surface area contributed by atoms with Gasteiger partial charge in [0.25, 0.3) is 5.91 Å². The van der Waals surface area contributed by atoms with E-state index in [0.29, 0.717) is 21.0 Å². The topological polar surface area (TPSA) is 72.5 Å². The van der Waals surface area contributed by atoms with Crippen LogP contribution < -0.4 is 5.32 Å². The Bertz CT molecular complexity index is 1170. The van der Waals surface area contributed by atoms with Crippen molar-refractivity contribution in [1.29, 1.82) is 0 Å². The molecule has 1 amide bonds. The Morgan fingerprint density at radius 1 is 1.10 bits per heavy atom. The summed E-state index contributed by atoms with van der Waals surface area (Å²) in [7, 11) is 0. The van der Waals surface area contributed by atoms with Crippen molar-refractivity contribution in [1.82, 2.24) is 0 Å². The van der Waals surface area contributed by atoms with E-state index in [4.69, 9.17) is 4.74 Å². The highest BCUT2D eigenvalue weighted by molar-refractivity contribution is 7.18. The number of ether oxygens (including phenoxy) is 1. The minimum absolute atomic E-state index is 0.149. The SMILES string of the molecule is CCOC(=O)c1c(NC(=O)c2ccc3c4c(cccc24)CC3)sc(C(C)=O)c1C. The second kappa shape index (κ2) is 7.44. The van der Waals surface area contributed by atoms with Gasteiger partial charge in [0.1, 0.15) is 5.00 Å². The number of nitrogens with one attached hydrogen (secondary N) is 1. The minimum Gasteiger partial charge on any atom is -0.462 e. The van der Waals surface area contributed by atoms with E-state index in [9.17, 15) is 14.4 Å². The maximum atomic E-state index is 13.2. The minimum atomic E-state index is -0.538. The maximum Gasteiger partial charge on any atom is 0.341 e. The fourth-order valence-electron chi connectivity index (χ4n) is 4.00. The summed E-state index contributed by atoms with van der Waals surface area (Å²) in [5, 5.41) is 5.27. The van der Waals surface area contributed by atoms with Crippen LogP contribution in [0.5, 0.6) is 0 Å². The fourth-order valence-corrected chi connectivity index (χ4v) is 5.09. The predicted octanol–water partition coefficient (Wildman–Crippen LogP) is 4.94. The summed E-state index contributed by atoms with van der Waals surface area (Å²) in [5.74, 6) is -0.990. The van der Waals surface area contributed by atoms with Crippen LogP contribution in [0.3, 0.4) is 0 Å². The Labute approximate surface area is 172 Å². The van der Waals surface area contributed by atoms with Crippen molar-refractivity contribution in [3.05, 3.63) is 63.0 Å². The molecule has 4 rings (SSSR count). The Morgan fingerprint density at radius 2 is 1.83 bits per heavy atom. The van der Waals surface area contributed by atoms with E-state index < -0.39 is 5.97 Å². The van der Waals surface area contributed by atoms with E-state index in [0.717, 1.165) is 35.0 Å². The number of amides is 1. The lowest BCUT2D eigenvalue weighted by atomic mass is 9.99. The van der Waals surface area contributed by atoms with E-state index in [2.05, 4.69) is 11.4 Å². The average Bonchev–Trinajstić information content (AvgIpc) is 3.25. The molecule has 0 fully saturated rings. The highest BCUT2D eigenvalue weighted by Crippen LogP contribution is 2.36. The van der Waals surface area contributed by atoms with Crippen LogP contribution >= 0.6 is 11.3 Å². The molecule has 0 spiro atoms. The fraction of sp³-hybridized carbons (Fsp3) is 0.261. The summed E-state index contributed by atoms with van der Waals surface area (Å²) in [4.78, 5) is 38.0. The lowest BCUT2D eigenvalue weighted by Crippen LogP contribution is -2.15. The van der Waals surface area contributed by atoms with Crippen molar-refractivity contribution in [2.24, 2.45) is 0 Å². The van der Waals surface area contributed by atoms with Gasteiger partial charge in [-0.05, 0) is 67.1 Å². The molecule has 0 unspecified atom stereocenters. The van der Waals surface area contributed by atoms with Gasteiger partial charge in [-0.25, -0.2) is 4.79 Å². The zero-order valence-corrected chi connectivity index (χ0v) is 17.4. The number of benzene rings is 2. The lowest BCUT2D eigenvalue weighted by molar-refractivity contribution is 0.0527. The first-order valence-electron chi connectivity index (χ1n) is 9.58. The van der Waals surface area contributed by atoms with E-state index in [1.807, 2.05) is 24.3 Å². The lowest BCUT2D eigenvalue weighted by Gasteiger charge is -2.10. The Hall–Kier alpha value is -2.99. The molecule has 5 nitrogen and oxygen atoms in total. The largest absolute Gasteiger partial charge is 0.462 e. The van der Waals surface area contributed by atoms with E-state index in [1.54, 1.807) is 13.8 Å². The molecule has 2 aromatic carbocycles. The summed E-state index contributed by atoms with van der Waals surface area (Å²) in [5.41, 5.74) is 3.85. The van der Waals surface area contributed by atoms with Gasteiger partial charge in [0.05, 0.1) is 17.0 Å². The molecule has 0 saturated heterocycles. The summed E-state index contributed by atoms with van der Waals surface area (Å²) in [6.07, 6.45) is 1.97. The standard InChI is InChI=1S/C23H21NO4S/c1-4-28-23(27)18-12(2)20(13(3)25)29-22(18)24-21(26)17-11-10-15-9-8-14-6-5-7-16(17)19(14)15/h5-7,10-11H,4,8-9H2,1-3H3,(H,24,26). The number of aryl methyl sites for hydroxylation is 2. The molecule has 3 aromatic rings. The van der Waals surface area contributed by atoms with E-state index in [-0.39, 0.29) is 23.9 Å². The zero-order valence-electron chi connectivity index (χ0n) is 16.5. The number of ketones is 1. The summed E-state index contributed by atoms with van der Waals surface area (Å²) < 4.78 is 5.14. The van der Waals surface area contributed by atoms with Gasteiger partial charge in [-0.1, -0.05) is 24.3 Å². The van der Waals surface area contributed by atoms with Crippen molar-refractivity contribution in [3.8, 4) is 0 Å². The molecular weight excluding hydrogens is 386 g/mol. The van der Waals surface area contributed by atoms with Gasteiger partial charge in [-0.2, -0.15) is 0 Å². The number of thiophene rings is 1. The maximum absolute atomic E-state index is 13.2. The number of esters is 1. The normalized spacial score (nSPS) is 12.2. The molecule has 0 saturated carbocycles. The first kappa shape index (κ1) is 19.3. The third-order valence-corrected chi connectivity index (χ3v) is 6.60. The van der Waals surface area contributed by atoms with Crippen LogP contribution in [-0.4, -0.2) is 24.3 Å². The van der Waals surface area contributed by atoms with Crippen molar-refractivity contribution in [2.45, 2.75) is 33.6 Å². The number of carbonyl (C=O) groups is 3. The molecule has 1 N–H and O–H groups in total. The molecule has 1 heterocycles. The van der Waals surface area contributed by atoms with Crippen molar-refractivity contribution < 1.29 is 19.1 Å². The smallest absolute Gasteiger partial charge is 0.341 e. The van der Waals surface area contributed by atoms with Gasteiger partial charge in [-0.3, -0.25) is 9.59 Å². The zero-order chi connectivity index (χ0) is 20.7. The second-order valence-electron chi connectivity index (χ2n) is 7.10. The number of hydrogen-bond acceptors (Lipinski definition) is 5. The van der Waals surface area contributed by atoms with Crippen LogP contribution in [0, 0.1) is 6.92 Å². The van der Waals surface area contributed by atoms with Gasteiger partial charge >= 0.3 is 5.97 Å². The quantitative estimate of drug-likeness (QED) is 0.480. The average molecular weight is 407 g/mol. The molecule has 0 aliphatic heterocycles. The Balaban J connectivity index is 1.77. The molecule has 0 atom stereocenters. The summed E-state index contributed by atoms with van der Waals surface area (Å²) in [6, 6.07) is 9.85. The van der Waals surface area contributed by atoms with Crippen molar-refractivity contribution in [3.63, 3.8) is 0 Å². The number of hydrogen-bond donors (Lipinski definition) is 1. The van der Waals surface area contributed by atoms with Crippen LogP contribution in [0.25, 0.3) is 10.8 Å². The van der Waals surface area contributed by atoms with E-state index >= 15 is 0 Å². The number of anilines is 1. The van der Waals surface area contributed by atoms with Gasteiger partial charge in [0.2, 0.25) is 0 Å². The van der Waals surface area contributed by atoms with Gasteiger partial charge < -0.3 is 10.1 Å². The summed E-state index contributed by atoms with van der Waals surface area (Å²) in [6.45, 7) is 5.08. The molecular formula is C23H21NO4S. The van der Waals surface area contributed by atoms with Gasteiger partial charge in [0, 0.05) is 5.56 Å². The molecule has 1 aliphatic rings. The van der Waals surface area contributed by atoms with E-state index in [1.165, 1.54) is 18.1 Å². The molecule has 6 heteroatoms. The monoisotopic (exact) mass is 407 g/mol. The van der Waals surface area contributed by atoms with Crippen LogP contribution in [0.15, 0.2) is 30.3 Å². The molecule has 1 aliphatic carbocycles. The van der Waals surface area contributed by atoms with Crippen molar-refractivity contribution >= 4 is 44.8 Å². The number of carbonyl (C=O) groups excluding carboxylic acids is 3. The Kier molecular flexibility index (Phi) is 4.96. The first-order chi connectivity index (χ1) is 13.9. The molecule has 148 valence electrons. The van der Waals surface area contributed by atoms with Crippen LogP contribution in [-0.2, 0) is 17.6 Å². The van der Waals surface area contributed by atoms with Crippen LogP contribution in [0.1, 0.15) is 60.9 Å². The van der Waals surface area contributed by atoms with Crippen molar-refractivity contribution in [2.75, 3.05) is 11.9 Å². The molecule has 29 heavy (non-hydrogen) atoms.